The molecule has 2 heterocycles. The van der Waals surface area contributed by atoms with E-state index in [1.807, 2.05) is 12.1 Å². The molecule has 126 valence electrons. The van der Waals surface area contributed by atoms with Crippen molar-refractivity contribution in [2.45, 2.75) is 32.2 Å². The fraction of sp³-hybridized carbons (Fsp3) is 0.412. The monoisotopic (exact) mass is 328 g/mol. The molecule has 1 fully saturated rings. The summed E-state index contributed by atoms with van der Waals surface area (Å²) in [5, 5.41) is 7.68. The van der Waals surface area contributed by atoms with E-state index in [2.05, 4.69) is 10.3 Å². The fourth-order valence-electron chi connectivity index (χ4n) is 2.93. The first-order valence-corrected chi connectivity index (χ1v) is 8.15. The van der Waals surface area contributed by atoms with Gasteiger partial charge in [0.1, 0.15) is 6.04 Å². The molecule has 0 N–H and O–H groups in total. The maximum absolute atomic E-state index is 12.8. The molecule has 0 spiro atoms. The highest BCUT2D eigenvalue weighted by Crippen LogP contribution is 2.21. The van der Waals surface area contributed by atoms with Crippen molar-refractivity contribution in [3.8, 4) is 5.69 Å². The molecule has 7 heteroatoms. The molecule has 2 aromatic rings. The van der Waals surface area contributed by atoms with Crippen molar-refractivity contribution < 1.29 is 14.3 Å². The van der Waals surface area contributed by atoms with Crippen LogP contribution in [0.2, 0.25) is 0 Å². The van der Waals surface area contributed by atoms with Gasteiger partial charge in [-0.1, -0.05) is 5.21 Å². The Balaban J connectivity index is 1.77. The number of likely N-dealkylation sites (tertiary alicyclic amines) is 1. The molecule has 0 aliphatic carbocycles. The molecule has 1 aromatic carbocycles. The average molecular weight is 328 g/mol. The van der Waals surface area contributed by atoms with Gasteiger partial charge in [-0.15, -0.1) is 5.10 Å². The number of esters is 1. The number of benzene rings is 1. The van der Waals surface area contributed by atoms with Crippen LogP contribution in [0.25, 0.3) is 5.69 Å². The van der Waals surface area contributed by atoms with Crippen LogP contribution < -0.4 is 0 Å². The first-order valence-electron chi connectivity index (χ1n) is 8.15. The van der Waals surface area contributed by atoms with Gasteiger partial charge in [-0.2, -0.15) is 0 Å². The zero-order valence-corrected chi connectivity index (χ0v) is 13.6. The largest absolute Gasteiger partial charge is 0.464 e. The minimum Gasteiger partial charge on any atom is -0.464 e. The van der Waals surface area contributed by atoms with Crippen molar-refractivity contribution in [1.29, 1.82) is 0 Å². The molecule has 0 bridgehead atoms. The zero-order valence-electron chi connectivity index (χ0n) is 13.6. The maximum atomic E-state index is 12.8. The average Bonchev–Trinajstić information content (AvgIpc) is 3.16. The van der Waals surface area contributed by atoms with Crippen LogP contribution in [-0.2, 0) is 9.53 Å². The third kappa shape index (κ3) is 3.29. The Labute approximate surface area is 140 Å². The number of carbonyl (C=O) groups excluding carboxylic acids is 2. The predicted molar refractivity (Wildman–Crippen MR) is 86.7 cm³/mol. The highest BCUT2D eigenvalue weighted by molar-refractivity contribution is 5.97. The first kappa shape index (κ1) is 16.2. The minimum absolute atomic E-state index is 0.141. The van der Waals surface area contributed by atoms with Crippen LogP contribution >= 0.6 is 0 Å². The van der Waals surface area contributed by atoms with E-state index in [0.29, 0.717) is 25.1 Å². The van der Waals surface area contributed by atoms with Crippen LogP contribution in [0.3, 0.4) is 0 Å². The highest BCUT2D eigenvalue weighted by atomic mass is 16.5. The van der Waals surface area contributed by atoms with Gasteiger partial charge in [0.15, 0.2) is 0 Å². The summed E-state index contributed by atoms with van der Waals surface area (Å²) >= 11 is 0. The lowest BCUT2D eigenvalue weighted by Gasteiger charge is -2.34. The molecule has 1 atom stereocenters. The van der Waals surface area contributed by atoms with Crippen molar-refractivity contribution in [3.63, 3.8) is 0 Å². The number of hydrogen-bond acceptors (Lipinski definition) is 5. The third-order valence-electron chi connectivity index (χ3n) is 4.12. The number of aromatic nitrogens is 3. The Hall–Kier alpha value is -2.70. The Kier molecular flexibility index (Phi) is 4.88. The van der Waals surface area contributed by atoms with E-state index in [4.69, 9.17) is 4.74 Å². The van der Waals surface area contributed by atoms with Gasteiger partial charge in [-0.3, -0.25) is 4.79 Å². The minimum atomic E-state index is -0.485. The number of carbonyl (C=O) groups is 2. The van der Waals surface area contributed by atoms with E-state index in [1.165, 1.54) is 0 Å². The van der Waals surface area contributed by atoms with Gasteiger partial charge in [0.2, 0.25) is 0 Å². The molecule has 1 aliphatic heterocycles. The van der Waals surface area contributed by atoms with Crippen LogP contribution in [-0.4, -0.2) is 51.0 Å². The van der Waals surface area contributed by atoms with Gasteiger partial charge in [-0.05, 0) is 50.5 Å². The van der Waals surface area contributed by atoms with Gasteiger partial charge >= 0.3 is 5.97 Å². The summed E-state index contributed by atoms with van der Waals surface area (Å²) in [6, 6.07) is 6.63. The number of nitrogens with zero attached hydrogens (tertiary/aromatic N) is 4. The third-order valence-corrected chi connectivity index (χ3v) is 4.12. The standard InChI is InChI=1S/C17H20N4O3/c1-2-24-17(23)15-5-3-4-11-20(15)16(22)13-6-8-14(9-7-13)21-12-10-18-19-21/h6-10,12,15H,2-5,11H2,1H3. The summed E-state index contributed by atoms with van der Waals surface area (Å²) in [5.74, 6) is -0.456. The summed E-state index contributed by atoms with van der Waals surface area (Å²) in [6.45, 7) is 2.67. The lowest BCUT2D eigenvalue weighted by molar-refractivity contribution is -0.149. The van der Waals surface area contributed by atoms with Crippen molar-refractivity contribution in [1.82, 2.24) is 19.9 Å². The second-order valence-electron chi connectivity index (χ2n) is 5.66. The van der Waals surface area contributed by atoms with Gasteiger partial charge in [0, 0.05) is 12.1 Å². The second-order valence-corrected chi connectivity index (χ2v) is 5.66. The molecule has 1 saturated heterocycles. The van der Waals surface area contributed by atoms with Crippen LogP contribution in [0.4, 0.5) is 0 Å². The number of hydrogen-bond donors (Lipinski definition) is 0. The Morgan fingerprint density at radius 2 is 2.04 bits per heavy atom. The van der Waals surface area contributed by atoms with Gasteiger partial charge in [0.25, 0.3) is 5.91 Å². The van der Waals surface area contributed by atoms with Crippen LogP contribution in [0.15, 0.2) is 36.7 Å². The van der Waals surface area contributed by atoms with E-state index < -0.39 is 6.04 Å². The second kappa shape index (κ2) is 7.25. The molecule has 24 heavy (non-hydrogen) atoms. The first-order chi connectivity index (χ1) is 11.7. The van der Waals surface area contributed by atoms with Crippen LogP contribution in [0, 0.1) is 0 Å². The molecule has 1 amide bonds. The zero-order chi connectivity index (χ0) is 16.9. The van der Waals surface area contributed by atoms with Crippen molar-refractivity contribution in [2.24, 2.45) is 0 Å². The van der Waals surface area contributed by atoms with Gasteiger partial charge in [0.05, 0.1) is 24.7 Å². The summed E-state index contributed by atoms with van der Waals surface area (Å²) in [7, 11) is 0. The summed E-state index contributed by atoms with van der Waals surface area (Å²) in [5.41, 5.74) is 1.37. The fourth-order valence-corrected chi connectivity index (χ4v) is 2.93. The molecule has 3 rings (SSSR count). The van der Waals surface area contributed by atoms with Crippen molar-refractivity contribution in [2.75, 3.05) is 13.2 Å². The SMILES string of the molecule is CCOC(=O)C1CCCCN1C(=O)c1ccc(-n2ccnn2)cc1. The summed E-state index contributed by atoms with van der Waals surface area (Å²) in [6.07, 6.45) is 5.81. The van der Waals surface area contributed by atoms with Gasteiger partial charge < -0.3 is 9.64 Å². The molecule has 1 aliphatic rings. The van der Waals surface area contributed by atoms with E-state index in [0.717, 1.165) is 18.5 Å². The molecule has 7 nitrogen and oxygen atoms in total. The molecule has 1 unspecified atom stereocenters. The Bertz CT molecular complexity index is 697. The Morgan fingerprint density at radius 1 is 1.25 bits per heavy atom. The summed E-state index contributed by atoms with van der Waals surface area (Å²) in [4.78, 5) is 26.6. The quantitative estimate of drug-likeness (QED) is 0.800. The number of amides is 1. The predicted octanol–water partition coefficient (Wildman–Crippen LogP) is 1.83. The van der Waals surface area contributed by atoms with E-state index in [-0.39, 0.29) is 11.9 Å². The highest BCUT2D eigenvalue weighted by Gasteiger charge is 2.33. The van der Waals surface area contributed by atoms with Crippen LogP contribution in [0.5, 0.6) is 0 Å². The van der Waals surface area contributed by atoms with E-state index >= 15 is 0 Å². The lowest BCUT2D eigenvalue weighted by Crippen LogP contribution is -2.48. The maximum Gasteiger partial charge on any atom is 0.328 e. The molecule has 1 aromatic heterocycles. The normalized spacial score (nSPS) is 17.5. The lowest BCUT2D eigenvalue weighted by atomic mass is 10.0. The molecular formula is C17H20N4O3. The number of rotatable bonds is 4. The number of piperidine rings is 1. The van der Waals surface area contributed by atoms with Crippen molar-refractivity contribution in [3.05, 3.63) is 42.2 Å². The number of ether oxygens (including phenoxy) is 1. The smallest absolute Gasteiger partial charge is 0.328 e. The van der Waals surface area contributed by atoms with Crippen molar-refractivity contribution >= 4 is 11.9 Å². The van der Waals surface area contributed by atoms with E-state index in [1.54, 1.807) is 41.0 Å². The Morgan fingerprint density at radius 3 is 2.71 bits per heavy atom. The molecule has 0 saturated carbocycles. The van der Waals surface area contributed by atoms with Crippen LogP contribution in [0.1, 0.15) is 36.5 Å². The molecular weight excluding hydrogens is 308 g/mol. The topological polar surface area (TPSA) is 77.3 Å². The van der Waals surface area contributed by atoms with E-state index in [9.17, 15) is 9.59 Å². The molecule has 0 radical (unpaired) electrons. The summed E-state index contributed by atoms with van der Waals surface area (Å²) < 4.78 is 6.74. The van der Waals surface area contributed by atoms with Gasteiger partial charge in [-0.25, -0.2) is 9.48 Å².